The molecule has 0 bridgehead atoms. The molecule has 6 heteroatoms. The zero-order valence-electron chi connectivity index (χ0n) is 12.9. The maximum Gasteiger partial charge on any atom is 0.250 e. The smallest absolute Gasteiger partial charge is 0.250 e. The summed E-state index contributed by atoms with van der Waals surface area (Å²) in [5.74, 6) is -0.214. The molecule has 1 N–H and O–H groups in total. The van der Waals surface area contributed by atoms with Crippen LogP contribution in [0.25, 0.3) is 5.69 Å². The molecule has 0 saturated heterocycles. The van der Waals surface area contributed by atoms with Crippen LogP contribution in [0.5, 0.6) is 0 Å². The number of aromatic nitrogens is 2. The standard InChI is InChI=1S/C18H16ClN3O2/c19-17-5-2-1-4-14(17)12-24-13-18(23)21-15-6-8-16(9-7-15)22-11-3-10-20-22/h1-11H,12-13H2,(H,21,23). The number of nitrogens with one attached hydrogen (secondary N) is 1. The summed E-state index contributed by atoms with van der Waals surface area (Å²) in [7, 11) is 0. The van der Waals surface area contributed by atoms with Gasteiger partial charge in [0.05, 0.1) is 12.3 Å². The molecular weight excluding hydrogens is 326 g/mol. The fourth-order valence-corrected chi connectivity index (χ4v) is 2.38. The molecule has 2 aromatic carbocycles. The monoisotopic (exact) mass is 341 g/mol. The van der Waals surface area contributed by atoms with Crippen LogP contribution >= 0.6 is 11.6 Å². The maximum atomic E-state index is 11.9. The Morgan fingerprint density at radius 1 is 1.12 bits per heavy atom. The normalized spacial score (nSPS) is 10.5. The van der Waals surface area contributed by atoms with Gasteiger partial charge in [0, 0.05) is 23.1 Å². The maximum absolute atomic E-state index is 11.9. The SMILES string of the molecule is O=C(COCc1ccccc1Cl)Nc1ccc(-n2cccn2)cc1. The van der Waals surface area contributed by atoms with Crippen molar-refractivity contribution < 1.29 is 9.53 Å². The highest BCUT2D eigenvalue weighted by Gasteiger charge is 2.05. The van der Waals surface area contributed by atoms with Gasteiger partial charge in [-0.2, -0.15) is 5.10 Å². The van der Waals surface area contributed by atoms with Gasteiger partial charge in [0.15, 0.2) is 0 Å². The molecule has 0 aliphatic rings. The van der Waals surface area contributed by atoms with Crippen molar-refractivity contribution in [1.29, 1.82) is 0 Å². The molecule has 0 saturated carbocycles. The molecule has 0 radical (unpaired) electrons. The van der Waals surface area contributed by atoms with Gasteiger partial charge in [0.25, 0.3) is 0 Å². The van der Waals surface area contributed by atoms with Crippen LogP contribution in [0.15, 0.2) is 67.0 Å². The fourth-order valence-electron chi connectivity index (χ4n) is 2.19. The third-order valence-corrected chi connectivity index (χ3v) is 3.74. The summed E-state index contributed by atoms with van der Waals surface area (Å²) in [6, 6.07) is 16.7. The van der Waals surface area contributed by atoms with E-state index >= 15 is 0 Å². The van der Waals surface area contributed by atoms with E-state index in [1.165, 1.54) is 0 Å². The van der Waals surface area contributed by atoms with E-state index in [1.807, 2.05) is 54.7 Å². The first kappa shape index (κ1) is 16.2. The van der Waals surface area contributed by atoms with Crippen molar-refractivity contribution in [2.75, 3.05) is 11.9 Å². The van der Waals surface area contributed by atoms with Crippen LogP contribution in [-0.4, -0.2) is 22.3 Å². The Morgan fingerprint density at radius 2 is 1.92 bits per heavy atom. The first-order chi connectivity index (χ1) is 11.7. The van der Waals surface area contributed by atoms with Gasteiger partial charge in [0.2, 0.25) is 5.91 Å². The lowest BCUT2D eigenvalue weighted by molar-refractivity contribution is -0.121. The van der Waals surface area contributed by atoms with Crippen molar-refractivity contribution >= 4 is 23.2 Å². The minimum atomic E-state index is -0.214. The molecule has 1 amide bonds. The number of carbonyl (C=O) groups is 1. The minimum absolute atomic E-state index is 0.0356. The Hall–Kier alpha value is -2.63. The average Bonchev–Trinajstić information content (AvgIpc) is 3.12. The van der Waals surface area contributed by atoms with E-state index in [2.05, 4.69) is 10.4 Å². The summed E-state index contributed by atoms with van der Waals surface area (Å²) >= 11 is 6.04. The van der Waals surface area contributed by atoms with Crippen molar-refractivity contribution in [2.45, 2.75) is 6.61 Å². The van der Waals surface area contributed by atoms with Crippen molar-refractivity contribution in [3.63, 3.8) is 0 Å². The molecular formula is C18H16ClN3O2. The van der Waals surface area contributed by atoms with Gasteiger partial charge in [-0.05, 0) is 42.0 Å². The van der Waals surface area contributed by atoms with Gasteiger partial charge in [0.1, 0.15) is 6.61 Å². The highest BCUT2D eigenvalue weighted by molar-refractivity contribution is 6.31. The average molecular weight is 342 g/mol. The third-order valence-electron chi connectivity index (χ3n) is 3.37. The van der Waals surface area contributed by atoms with Crippen molar-refractivity contribution in [2.24, 2.45) is 0 Å². The minimum Gasteiger partial charge on any atom is -0.367 e. The highest BCUT2D eigenvalue weighted by atomic mass is 35.5. The Balaban J connectivity index is 1.49. The Kier molecular flexibility index (Phi) is 5.25. The van der Waals surface area contributed by atoms with Crippen LogP contribution in [0, 0.1) is 0 Å². The molecule has 0 aliphatic heterocycles. The van der Waals surface area contributed by atoms with Crippen LogP contribution in [0.4, 0.5) is 5.69 Å². The predicted molar refractivity (Wildman–Crippen MR) is 93.3 cm³/mol. The molecule has 122 valence electrons. The van der Waals surface area contributed by atoms with Crippen LogP contribution in [-0.2, 0) is 16.1 Å². The molecule has 3 rings (SSSR count). The van der Waals surface area contributed by atoms with E-state index in [4.69, 9.17) is 16.3 Å². The van der Waals surface area contributed by atoms with E-state index in [1.54, 1.807) is 16.9 Å². The van der Waals surface area contributed by atoms with Gasteiger partial charge < -0.3 is 10.1 Å². The Bertz CT molecular complexity index is 801. The number of rotatable bonds is 6. The third kappa shape index (κ3) is 4.22. The second kappa shape index (κ2) is 7.77. The van der Waals surface area contributed by atoms with Crippen LogP contribution < -0.4 is 5.32 Å². The first-order valence-electron chi connectivity index (χ1n) is 7.43. The number of ether oxygens (including phenoxy) is 1. The predicted octanol–water partition coefficient (Wildman–Crippen LogP) is 3.68. The van der Waals surface area contributed by atoms with Gasteiger partial charge in [-0.3, -0.25) is 4.79 Å². The topological polar surface area (TPSA) is 56.1 Å². The van der Waals surface area contributed by atoms with Crippen LogP contribution in [0.2, 0.25) is 5.02 Å². The lowest BCUT2D eigenvalue weighted by Crippen LogP contribution is -2.18. The summed E-state index contributed by atoms with van der Waals surface area (Å²) in [6.07, 6.45) is 3.57. The Morgan fingerprint density at radius 3 is 2.62 bits per heavy atom. The molecule has 3 aromatic rings. The van der Waals surface area contributed by atoms with E-state index in [0.717, 1.165) is 11.3 Å². The van der Waals surface area contributed by atoms with E-state index in [9.17, 15) is 4.79 Å². The van der Waals surface area contributed by atoms with Crippen molar-refractivity contribution in [3.05, 3.63) is 77.6 Å². The summed E-state index contributed by atoms with van der Waals surface area (Å²) in [5.41, 5.74) is 2.49. The van der Waals surface area contributed by atoms with E-state index < -0.39 is 0 Å². The lowest BCUT2D eigenvalue weighted by Gasteiger charge is -2.08. The molecule has 0 spiro atoms. The summed E-state index contributed by atoms with van der Waals surface area (Å²) in [5, 5.41) is 7.57. The molecule has 24 heavy (non-hydrogen) atoms. The fraction of sp³-hybridized carbons (Fsp3) is 0.111. The molecule has 1 heterocycles. The second-order valence-corrected chi connectivity index (χ2v) is 5.54. The summed E-state index contributed by atoms with van der Waals surface area (Å²) < 4.78 is 7.15. The summed E-state index contributed by atoms with van der Waals surface area (Å²) in [4.78, 5) is 11.9. The van der Waals surface area contributed by atoms with E-state index in [0.29, 0.717) is 17.3 Å². The lowest BCUT2D eigenvalue weighted by atomic mass is 10.2. The van der Waals surface area contributed by atoms with Crippen LogP contribution in [0.1, 0.15) is 5.56 Å². The van der Waals surface area contributed by atoms with Gasteiger partial charge in [-0.15, -0.1) is 0 Å². The molecule has 0 fully saturated rings. The number of benzene rings is 2. The second-order valence-electron chi connectivity index (χ2n) is 5.13. The Labute approximate surface area is 144 Å². The zero-order chi connectivity index (χ0) is 16.8. The number of hydrogen-bond donors (Lipinski definition) is 1. The summed E-state index contributed by atoms with van der Waals surface area (Å²) in [6.45, 7) is 0.261. The van der Waals surface area contributed by atoms with Crippen LogP contribution in [0.3, 0.4) is 0 Å². The largest absolute Gasteiger partial charge is 0.367 e. The quantitative estimate of drug-likeness (QED) is 0.744. The molecule has 0 atom stereocenters. The number of anilines is 1. The number of amides is 1. The molecule has 5 nitrogen and oxygen atoms in total. The molecule has 1 aromatic heterocycles. The number of hydrogen-bond acceptors (Lipinski definition) is 3. The number of halogens is 1. The van der Waals surface area contributed by atoms with Crippen molar-refractivity contribution in [3.8, 4) is 5.69 Å². The van der Waals surface area contributed by atoms with Gasteiger partial charge in [-0.1, -0.05) is 29.8 Å². The number of carbonyl (C=O) groups excluding carboxylic acids is 1. The van der Waals surface area contributed by atoms with Crippen molar-refractivity contribution in [1.82, 2.24) is 9.78 Å². The number of nitrogens with zero attached hydrogens (tertiary/aromatic N) is 2. The molecule has 0 unspecified atom stereocenters. The van der Waals surface area contributed by atoms with Gasteiger partial charge >= 0.3 is 0 Å². The van der Waals surface area contributed by atoms with Gasteiger partial charge in [-0.25, -0.2) is 4.68 Å². The first-order valence-corrected chi connectivity index (χ1v) is 7.81. The highest BCUT2D eigenvalue weighted by Crippen LogP contribution is 2.16. The zero-order valence-corrected chi connectivity index (χ0v) is 13.6. The van der Waals surface area contributed by atoms with E-state index in [-0.39, 0.29) is 12.5 Å². The molecule has 0 aliphatic carbocycles.